The van der Waals surface area contributed by atoms with Gasteiger partial charge in [0.2, 0.25) is 5.91 Å². The van der Waals surface area contributed by atoms with Crippen LogP contribution in [0.2, 0.25) is 0 Å². The van der Waals surface area contributed by atoms with Crippen molar-refractivity contribution in [3.05, 3.63) is 23.8 Å². The molecule has 0 aromatic heterocycles. The molecule has 0 fully saturated rings. The van der Waals surface area contributed by atoms with Crippen LogP contribution in [0.1, 0.15) is 5.56 Å². The molecule has 0 saturated carbocycles. The van der Waals surface area contributed by atoms with Gasteiger partial charge in [-0.3, -0.25) is 4.79 Å². The van der Waals surface area contributed by atoms with E-state index in [1.54, 1.807) is 19.2 Å². The maximum Gasteiger partial charge on any atom is 0.224 e. The molecule has 76 valence electrons. The largest absolute Gasteiger partial charge is 0.504 e. The summed E-state index contributed by atoms with van der Waals surface area (Å²) in [5.41, 5.74) is 0.805. The molecule has 0 radical (unpaired) electrons. The summed E-state index contributed by atoms with van der Waals surface area (Å²) in [7, 11) is 3.05. The van der Waals surface area contributed by atoms with Crippen LogP contribution in [0, 0.1) is 0 Å². The number of aromatic hydroxyl groups is 1. The number of phenols is 1. The van der Waals surface area contributed by atoms with Gasteiger partial charge in [0.1, 0.15) is 0 Å². The molecule has 0 heterocycles. The van der Waals surface area contributed by atoms with Crippen LogP contribution in [0.3, 0.4) is 0 Å². The molecule has 0 aliphatic carbocycles. The molecular weight excluding hydrogens is 182 g/mol. The average molecular weight is 195 g/mol. The summed E-state index contributed by atoms with van der Waals surface area (Å²) < 4.78 is 4.92. The molecular formula is C10H13NO3. The first-order chi connectivity index (χ1) is 6.67. The van der Waals surface area contributed by atoms with Gasteiger partial charge in [0, 0.05) is 7.05 Å². The third-order valence-corrected chi connectivity index (χ3v) is 1.89. The van der Waals surface area contributed by atoms with Gasteiger partial charge < -0.3 is 15.2 Å². The van der Waals surface area contributed by atoms with Gasteiger partial charge in [-0.15, -0.1) is 0 Å². The first-order valence-corrected chi connectivity index (χ1v) is 4.24. The number of methoxy groups -OCH3 is 1. The Morgan fingerprint density at radius 3 is 2.86 bits per heavy atom. The Hall–Kier alpha value is -1.71. The molecule has 0 aliphatic heterocycles. The summed E-state index contributed by atoms with van der Waals surface area (Å²) >= 11 is 0. The van der Waals surface area contributed by atoms with Crippen molar-refractivity contribution in [3.63, 3.8) is 0 Å². The lowest BCUT2D eigenvalue weighted by Gasteiger charge is -2.05. The SMILES string of the molecule is CNC(=O)Cc1ccc(O)c(OC)c1. The van der Waals surface area contributed by atoms with E-state index >= 15 is 0 Å². The van der Waals surface area contributed by atoms with Crippen molar-refractivity contribution >= 4 is 5.91 Å². The van der Waals surface area contributed by atoms with Crippen LogP contribution in [0.4, 0.5) is 0 Å². The minimum Gasteiger partial charge on any atom is -0.504 e. The lowest BCUT2D eigenvalue weighted by atomic mass is 10.1. The number of benzene rings is 1. The number of hydrogen-bond acceptors (Lipinski definition) is 3. The van der Waals surface area contributed by atoms with Gasteiger partial charge >= 0.3 is 0 Å². The molecule has 0 aliphatic rings. The number of hydrogen-bond donors (Lipinski definition) is 2. The summed E-state index contributed by atoms with van der Waals surface area (Å²) in [4.78, 5) is 11.1. The van der Waals surface area contributed by atoms with Crippen molar-refractivity contribution in [2.24, 2.45) is 0 Å². The fourth-order valence-electron chi connectivity index (χ4n) is 1.11. The van der Waals surface area contributed by atoms with Gasteiger partial charge in [-0.25, -0.2) is 0 Å². The number of carbonyl (C=O) groups excluding carboxylic acids is 1. The zero-order valence-corrected chi connectivity index (χ0v) is 8.20. The molecule has 1 amide bonds. The number of amides is 1. The monoisotopic (exact) mass is 195 g/mol. The van der Waals surface area contributed by atoms with E-state index in [0.29, 0.717) is 5.75 Å². The van der Waals surface area contributed by atoms with Crippen LogP contribution in [0.5, 0.6) is 11.5 Å². The molecule has 0 unspecified atom stereocenters. The number of carbonyl (C=O) groups is 1. The molecule has 2 N–H and O–H groups in total. The number of phenolic OH excluding ortho intramolecular Hbond substituents is 1. The zero-order valence-electron chi connectivity index (χ0n) is 8.20. The topological polar surface area (TPSA) is 58.6 Å². The lowest BCUT2D eigenvalue weighted by Crippen LogP contribution is -2.19. The van der Waals surface area contributed by atoms with Crippen molar-refractivity contribution < 1.29 is 14.6 Å². The van der Waals surface area contributed by atoms with E-state index in [2.05, 4.69) is 5.32 Å². The van der Waals surface area contributed by atoms with Crippen LogP contribution in [0.25, 0.3) is 0 Å². The van der Waals surface area contributed by atoms with Crippen molar-refractivity contribution in [2.45, 2.75) is 6.42 Å². The Morgan fingerprint density at radius 2 is 2.29 bits per heavy atom. The van der Waals surface area contributed by atoms with Gasteiger partial charge in [0.15, 0.2) is 11.5 Å². The first kappa shape index (κ1) is 10.4. The molecule has 4 nitrogen and oxygen atoms in total. The van der Waals surface area contributed by atoms with Gasteiger partial charge in [-0.05, 0) is 17.7 Å². The van der Waals surface area contributed by atoms with E-state index in [1.807, 2.05) is 0 Å². The normalized spacial score (nSPS) is 9.57. The van der Waals surface area contributed by atoms with E-state index in [-0.39, 0.29) is 18.1 Å². The van der Waals surface area contributed by atoms with E-state index in [0.717, 1.165) is 5.56 Å². The van der Waals surface area contributed by atoms with E-state index in [4.69, 9.17) is 4.74 Å². The second kappa shape index (κ2) is 4.50. The van der Waals surface area contributed by atoms with Gasteiger partial charge in [-0.2, -0.15) is 0 Å². The zero-order chi connectivity index (χ0) is 10.6. The standard InChI is InChI=1S/C10H13NO3/c1-11-10(13)6-7-3-4-8(12)9(5-7)14-2/h3-5,12H,6H2,1-2H3,(H,11,13). The second-order valence-corrected chi connectivity index (χ2v) is 2.86. The van der Waals surface area contributed by atoms with E-state index in [1.165, 1.54) is 13.2 Å². The third-order valence-electron chi connectivity index (χ3n) is 1.89. The molecule has 4 heteroatoms. The molecule has 14 heavy (non-hydrogen) atoms. The molecule has 0 atom stereocenters. The third kappa shape index (κ3) is 2.39. The van der Waals surface area contributed by atoms with Crippen LogP contribution >= 0.6 is 0 Å². The highest BCUT2D eigenvalue weighted by atomic mass is 16.5. The lowest BCUT2D eigenvalue weighted by molar-refractivity contribution is -0.119. The molecule has 1 rings (SSSR count). The highest BCUT2D eigenvalue weighted by Gasteiger charge is 2.05. The highest BCUT2D eigenvalue weighted by Crippen LogP contribution is 2.26. The van der Waals surface area contributed by atoms with E-state index in [9.17, 15) is 9.90 Å². The Kier molecular flexibility index (Phi) is 3.34. The fourth-order valence-corrected chi connectivity index (χ4v) is 1.11. The summed E-state index contributed by atoms with van der Waals surface area (Å²) in [6.07, 6.45) is 0.285. The number of ether oxygens (including phenoxy) is 1. The second-order valence-electron chi connectivity index (χ2n) is 2.86. The predicted molar refractivity (Wildman–Crippen MR) is 52.4 cm³/mol. The Labute approximate surface area is 82.5 Å². The molecule has 1 aromatic carbocycles. The highest BCUT2D eigenvalue weighted by molar-refractivity contribution is 5.78. The number of likely N-dealkylation sites (N-methyl/N-ethyl adjacent to an activating group) is 1. The van der Waals surface area contributed by atoms with Crippen molar-refractivity contribution in [1.29, 1.82) is 0 Å². The molecule has 0 spiro atoms. The Morgan fingerprint density at radius 1 is 1.57 bits per heavy atom. The van der Waals surface area contributed by atoms with Crippen LogP contribution in [-0.2, 0) is 11.2 Å². The quantitative estimate of drug-likeness (QED) is 0.746. The van der Waals surface area contributed by atoms with E-state index < -0.39 is 0 Å². The van der Waals surface area contributed by atoms with Crippen molar-refractivity contribution in [1.82, 2.24) is 5.32 Å². The summed E-state index contributed by atoms with van der Waals surface area (Å²) in [5, 5.41) is 11.8. The summed E-state index contributed by atoms with van der Waals surface area (Å²) in [6.45, 7) is 0. The van der Waals surface area contributed by atoms with Gasteiger partial charge in [0.05, 0.1) is 13.5 Å². The molecule has 1 aromatic rings. The number of rotatable bonds is 3. The predicted octanol–water partition coefficient (Wildman–Crippen LogP) is 0.689. The first-order valence-electron chi connectivity index (χ1n) is 4.24. The summed E-state index contributed by atoms with van der Waals surface area (Å²) in [5.74, 6) is 0.386. The van der Waals surface area contributed by atoms with Crippen LogP contribution < -0.4 is 10.1 Å². The Balaban J connectivity index is 2.84. The van der Waals surface area contributed by atoms with Crippen molar-refractivity contribution in [3.8, 4) is 11.5 Å². The van der Waals surface area contributed by atoms with Gasteiger partial charge in [-0.1, -0.05) is 6.07 Å². The maximum absolute atomic E-state index is 11.1. The minimum atomic E-state index is -0.0715. The fraction of sp³-hybridized carbons (Fsp3) is 0.300. The smallest absolute Gasteiger partial charge is 0.224 e. The molecule has 0 bridgehead atoms. The van der Waals surface area contributed by atoms with Crippen molar-refractivity contribution in [2.75, 3.05) is 14.2 Å². The Bertz CT molecular complexity index is 336. The summed E-state index contributed by atoms with van der Waals surface area (Å²) in [6, 6.07) is 4.84. The van der Waals surface area contributed by atoms with Gasteiger partial charge in [0.25, 0.3) is 0 Å². The maximum atomic E-state index is 11.1. The average Bonchev–Trinajstić information content (AvgIpc) is 2.20. The van der Waals surface area contributed by atoms with Crippen LogP contribution in [0.15, 0.2) is 18.2 Å². The van der Waals surface area contributed by atoms with Crippen LogP contribution in [-0.4, -0.2) is 25.2 Å². The number of nitrogens with one attached hydrogen (secondary N) is 1. The molecule has 0 saturated heterocycles. The minimum absolute atomic E-state index is 0.0715.